The number of hydrogen-bond donors (Lipinski definition) is 1. The topological polar surface area (TPSA) is 66.1 Å². The van der Waals surface area contributed by atoms with Crippen LogP contribution in [0.3, 0.4) is 0 Å². The molecule has 1 heterocycles. The van der Waals surface area contributed by atoms with E-state index in [0.29, 0.717) is 5.56 Å². The van der Waals surface area contributed by atoms with E-state index in [9.17, 15) is 27.2 Å². The molecule has 0 aliphatic heterocycles. The van der Waals surface area contributed by atoms with Gasteiger partial charge in [-0.1, -0.05) is 13.0 Å². The minimum Gasteiger partial charge on any atom is -0.348 e. The van der Waals surface area contributed by atoms with Gasteiger partial charge in [0.15, 0.2) is 5.78 Å². The molecule has 0 amide bonds. The zero-order valence-electron chi connectivity index (χ0n) is 16.6. The van der Waals surface area contributed by atoms with E-state index in [1.165, 1.54) is 6.07 Å². The Labute approximate surface area is 174 Å². The molecular formula is C20H21F4N3O2S. The van der Waals surface area contributed by atoms with E-state index >= 15 is 0 Å². The van der Waals surface area contributed by atoms with Crippen molar-refractivity contribution in [1.29, 1.82) is 0 Å². The molecule has 1 fully saturated rings. The molecule has 1 aromatic heterocycles. The number of carbonyl (C=O) groups is 1. The fourth-order valence-corrected chi connectivity index (χ4v) is 3.88. The van der Waals surface area contributed by atoms with Crippen LogP contribution in [0.1, 0.15) is 48.2 Å². The van der Waals surface area contributed by atoms with Crippen LogP contribution in [0, 0.1) is 11.2 Å². The summed E-state index contributed by atoms with van der Waals surface area (Å²) in [6, 6.07) is 4.73. The molecule has 1 aliphatic carbocycles. The van der Waals surface area contributed by atoms with Gasteiger partial charge in [0.05, 0.1) is 4.90 Å². The van der Waals surface area contributed by atoms with Gasteiger partial charge in [-0.25, -0.2) is 9.37 Å². The summed E-state index contributed by atoms with van der Waals surface area (Å²) in [6.07, 6.45) is 1.61. The summed E-state index contributed by atoms with van der Waals surface area (Å²) in [7, 11) is 3.34. The van der Waals surface area contributed by atoms with Gasteiger partial charge in [-0.05, 0) is 53.6 Å². The highest BCUT2D eigenvalue weighted by atomic mass is 32.2. The van der Waals surface area contributed by atoms with E-state index in [4.69, 9.17) is 0 Å². The molecule has 0 radical (unpaired) electrons. The summed E-state index contributed by atoms with van der Waals surface area (Å²) >= 11 is -0.507. The number of H-pyrrole nitrogens is 1. The SMILES string of the molecule is CN(C)c1nc(C(=O)CC(c2ccc(SC(F)(F)F)c(F)c2)C2(C)CC2)cc(=O)[nH]1. The van der Waals surface area contributed by atoms with E-state index in [0.717, 1.165) is 31.0 Å². The summed E-state index contributed by atoms with van der Waals surface area (Å²) in [5, 5.41) is 0. The van der Waals surface area contributed by atoms with E-state index in [1.807, 2.05) is 6.92 Å². The summed E-state index contributed by atoms with van der Waals surface area (Å²) in [6.45, 7) is 1.96. The Morgan fingerprint density at radius 2 is 1.97 bits per heavy atom. The van der Waals surface area contributed by atoms with Gasteiger partial charge in [-0.3, -0.25) is 14.6 Å². The number of hydrogen-bond acceptors (Lipinski definition) is 5. The maximum absolute atomic E-state index is 14.3. The molecule has 0 bridgehead atoms. The third-order valence-corrected chi connectivity index (χ3v) is 6.07. The molecule has 1 unspecified atom stereocenters. The zero-order valence-corrected chi connectivity index (χ0v) is 17.5. The summed E-state index contributed by atoms with van der Waals surface area (Å²) in [5.74, 6) is -1.51. The Morgan fingerprint density at radius 1 is 1.30 bits per heavy atom. The second kappa shape index (κ2) is 8.05. The van der Waals surface area contributed by atoms with Gasteiger partial charge < -0.3 is 4.90 Å². The number of benzene rings is 1. The highest BCUT2D eigenvalue weighted by Gasteiger charge is 2.46. The Balaban J connectivity index is 1.89. The van der Waals surface area contributed by atoms with Gasteiger partial charge in [0.2, 0.25) is 5.95 Å². The molecule has 1 atom stereocenters. The van der Waals surface area contributed by atoms with Crippen LogP contribution >= 0.6 is 11.8 Å². The van der Waals surface area contributed by atoms with E-state index in [-0.39, 0.29) is 29.3 Å². The number of thioether (sulfide) groups is 1. The second-order valence-electron chi connectivity index (χ2n) is 7.92. The molecular weight excluding hydrogens is 422 g/mol. The lowest BCUT2D eigenvalue weighted by Gasteiger charge is -2.24. The molecule has 1 N–H and O–H groups in total. The highest BCUT2D eigenvalue weighted by Crippen LogP contribution is 2.57. The van der Waals surface area contributed by atoms with Crippen LogP contribution in [0.5, 0.6) is 0 Å². The molecule has 10 heteroatoms. The number of aromatic nitrogens is 2. The second-order valence-corrected chi connectivity index (χ2v) is 9.03. The Bertz CT molecular complexity index is 1020. The molecule has 162 valence electrons. The Kier molecular flexibility index (Phi) is 5.99. The van der Waals surface area contributed by atoms with Crippen molar-refractivity contribution in [1.82, 2.24) is 9.97 Å². The number of halogens is 4. The number of anilines is 1. The maximum atomic E-state index is 14.3. The number of ketones is 1. The Morgan fingerprint density at radius 3 is 2.50 bits per heavy atom. The van der Waals surface area contributed by atoms with Crippen LogP contribution in [0.15, 0.2) is 34.0 Å². The first-order chi connectivity index (χ1) is 13.9. The lowest BCUT2D eigenvalue weighted by Crippen LogP contribution is -2.22. The minimum absolute atomic E-state index is 0.00131. The van der Waals surface area contributed by atoms with Crippen molar-refractivity contribution in [3.05, 3.63) is 51.7 Å². The lowest BCUT2D eigenvalue weighted by molar-refractivity contribution is -0.0329. The van der Waals surface area contributed by atoms with Crippen LogP contribution in [0.4, 0.5) is 23.5 Å². The number of nitrogens with one attached hydrogen (secondary N) is 1. The van der Waals surface area contributed by atoms with Crippen LogP contribution < -0.4 is 10.5 Å². The largest absolute Gasteiger partial charge is 0.446 e. The number of carbonyl (C=O) groups excluding carboxylic acids is 1. The van der Waals surface area contributed by atoms with Gasteiger partial charge in [0.25, 0.3) is 5.56 Å². The summed E-state index contributed by atoms with van der Waals surface area (Å²) in [4.78, 5) is 32.5. The average molecular weight is 443 g/mol. The third kappa shape index (κ3) is 5.21. The van der Waals surface area contributed by atoms with E-state index in [1.54, 1.807) is 19.0 Å². The predicted octanol–water partition coefficient (Wildman–Crippen LogP) is 4.74. The first kappa shape index (κ1) is 22.3. The number of nitrogens with zero attached hydrogens (tertiary/aromatic N) is 2. The minimum atomic E-state index is -4.59. The number of rotatable bonds is 7. The molecule has 0 spiro atoms. The molecule has 2 aromatic rings. The molecule has 3 rings (SSSR count). The summed E-state index contributed by atoms with van der Waals surface area (Å²) in [5.41, 5.74) is -4.85. The standard InChI is InChI=1S/C20H21F4N3O2S/c1-19(6-7-19)12(11-4-5-16(13(21)8-11)30-20(22,23)24)9-15(28)14-10-17(29)26-18(25-14)27(2)3/h4-5,8,10,12H,6-7,9H2,1-3H3,(H,25,26,29). The number of aromatic amines is 1. The molecule has 1 aliphatic rings. The highest BCUT2D eigenvalue weighted by molar-refractivity contribution is 8.00. The van der Waals surface area contributed by atoms with Crippen LogP contribution in [0.25, 0.3) is 0 Å². The van der Waals surface area contributed by atoms with Crippen molar-refractivity contribution in [2.75, 3.05) is 19.0 Å². The average Bonchev–Trinajstić information content (AvgIpc) is 3.38. The van der Waals surface area contributed by atoms with Crippen molar-refractivity contribution in [2.45, 2.75) is 42.5 Å². The zero-order chi connectivity index (χ0) is 22.3. The predicted molar refractivity (Wildman–Crippen MR) is 107 cm³/mol. The van der Waals surface area contributed by atoms with Gasteiger partial charge in [-0.15, -0.1) is 0 Å². The first-order valence-corrected chi connectivity index (χ1v) is 10.1. The fraction of sp³-hybridized carbons (Fsp3) is 0.450. The molecule has 5 nitrogen and oxygen atoms in total. The third-order valence-electron chi connectivity index (χ3n) is 5.29. The molecule has 1 aromatic carbocycles. The van der Waals surface area contributed by atoms with Crippen LogP contribution in [-0.2, 0) is 0 Å². The van der Waals surface area contributed by atoms with E-state index < -0.39 is 39.5 Å². The number of alkyl halides is 3. The fourth-order valence-electron chi connectivity index (χ4n) is 3.34. The van der Waals surface area contributed by atoms with Crippen molar-refractivity contribution in [2.24, 2.45) is 5.41 Å². The van der Waals surface area contributed by atoms with E-state index in [2.05, 4.69) is 9.97 Å². The van der Waals surface area contributed by atoms with Crippen molar-refractivity contribution in [3.8, 4) is 0 Å². The van der Waals surface area contributed by atoms with Gasteiger partial charge in [-0.2, -0.15) is 13.2 Å². The van der Waals surface area contributed by atoms with Crippen LogP contribution in [-0.4, -0.2) is 35.4 Å². The molecule has 0 saturated heterocycles. The Hall–Kier alpha value is -2.36. The van der Waals surface area contributed by atoms with Crippen molar-refractivity contribution >= 4 is 23.5 Å². The van der Waals surface area contributed by atoms with Crippen molar-refractivity contribution in [3.63, 3.8) is 0 Å². The number of Topliss-reactive ketones (excluding diaryl/α,β-unsaturated/α-hetero) is 1. The van der Waals surface area contributed by atoms with Crippen molar-refractivity contribution < 1.29 is 22.4 Å². The summed E-state index contributed by atoms with van der Waals surface area (Å²) < 4.78 is 52.1. The molecule has 30 heavy (non-hydrogen) atoms. The maximum Gasteiger partial charge on any atom is 0.446 e. The molecule has 1 saturated carbocycles. The van der Waals surface area contributed by atoms with Gasteiger partial charge in [0.1, 0.15) is 11.5 Å². The smallest absolute Gasteiger partial charge is 0.348 e. The normalized spacial score (nSPS) is 16.2. The first-order valence-electron chi connectivity index (χ1n) is 9.25. The quantitative estimate of drug-likeness (QED) is 0.380. The van der Waals surface area contributed by atoms with Crippen LogP contribution in [0.2, 0.25) is 0 Å². The van der Waals surface area contributed by atoms with Gasteiger partial charge in [0, 0.05) is 26.6 Å². The monoisotopic (exact) mass is 443 g/mol. The van der Waals surface area contributed by atoms with Gasteiger partial charge >= 0.3 is 5.51 Å². The lowest BCUT2D eigenvalue weighted by atomic mass is 9.80.